The molecule has 0 aliphatic carbocycles. The van der Waals surface area contributed by atoms with Crippen molar-refractivity contribution in [2.75, 3.05) is 25.5 Å². The van der Waals surface area contributed by atoms with E-state index in [1.54, 1.807) is 7.11 Å². The number of nitrogens with one attached hydrogen (secondary N) is 1. The number of benzene rings is 2. The summed E-state index contributed by atoms with van der Waals surface area (Å²) in [5.74, 6) is -0.202. The number of hydrogen-bond donors (Lipinski definition) is 1. The van der Waals surface area contributed by atoms with Gasteiger partial charge in [-0.2, -0.15) is 4.31 Å². The van der Waals surface area contributed by atoms with Gasteiger partial charge in [0.2, 0.25) is 15.9 Å². The van der Waals surface area contributed by atoms with E-state index < -0.39 is 15.8 Å². The minimum atomic E-state index is -3.71. The molecular formula is C23H24FN3O4S2. The van der Waals surface area contributed by atoms with Gasteiger partial charge < -0.3 is 10.1 Å². The summed E-state index contributed by atoms with van der Waals surface area (Å²) in [4.78, 5) is 18.4. The number of carbonyl (C=O) groups is 1. The lowest BCUT2D eigenvalue weighted by Gasteiger charge is -2.30. The minimum Gasteiger partial charge on any atom is -0.497 e. The Morgan fingerprint density at radius 1 is 1.12 bits per heavy atom. The van der Waals surface area contributed by atoms with E-state index in [2.05, 4.69) is 10.3 Å². The summed E-state index contributed by atoms with van der Waals surface area (Å²) in [6, 6.07) is 12.3. The monoisotopic (exact) mass is 489 g/mol. The van der Waals surface area contributed by atoms with Crippen molar-refractivity contribution in [2.24, 2.45) is 5.92 Å². The van der Waals surface area contributed by atoms with Crippen molar-refractivity contribution in [2.45, 2.75) is 24.7 Å². The third-order valence-corrected chi connectivity index (χ3v) is 8.47. The molecule has 2 aromatic carbocycles. The number of aromatic nitrogens is 1. The summed E-state index contributed by atoms with van der Waals surface area (Å²) >= 11 is 1.40. The number of halogens is 1. The van der Waals surface area contributed by atoms with Gasteiger partial charge >= 0.3 is 0 Å². The second-order valence-corrected chi connectivity index (χ2v) is 10.9. The predicted molar refractivity (Wildman–Crippen MR) is 125 cm³/mol. The summed E-state index contributed by atoms with van der Waals surface area (Å²) in [7, 11) is -2.10. The molecule has 1 amide bonds. The molecule has 1 aromatic heterocycles. The summed E-state index contributed by atoms with van der Waals surface area (Å²) in [6.07, 6.45) is 0.809. The average Bonchev–Trinajstić information content (AvgIpc) is 3.19. The van der Waals surface area contributed by atoms with Gasteiger partial charge in [0.05, 0.1) is 17.7 Å². The van der Waals surface area contributed by atoms with E-state index in [0.29, 0.717) is 18.0 Å². The molecule has 1 aliphatic rings. The fourth-order valence-electron chi connectivity index (χ4n) is 3.79. The van der Waals surface area contributed by atoms with Crippen LogP contribution in [0.4, 0.5) is 9.52 Å². The number of anilines is 1. The Morgan fingerprint density at radius 3 is 2.36 bits per heavy atom. The molecule has 174 valence electrons. The SMILES string of the molecule is COc1ccc(-c2nc(NC(=O)C3CCN(S(=O)(=O)c4ccc(F)cc4)CC3)sc2C)cc1. The highest BCUT2D eigenvalue weighted by Crippen LogP contribution is 2.32. The molecule has 0 atom stereocenters. The zero-order valence-corrected chi connectivity index (χ0v) is 19.9. The number of thiazole rings is 1. The van der Waals surface area contributed by atoms with Gasteiger partial charge in [-0.3, -0.25) is 4.79 Å². The van der Waals surface area contributed by atoms with Gasteiger partial charge in [-0.1, -0.05) is 0 Å². The Hall–Kier alpha value is -2.82. The first-order valence-electron chi connectivity index (χ1n) is 10.5. The number of piperidine rings is 1. The van der Waals surface area contributed by atoms with Crippen LogP contribution in [0, 0.1) is 18.7 Å². The highest BCUT2D eigenvalue weighted by molar-refractivity contribution is 7.89. The van der Waals surface area contributed by atoms with E-state index in [-0.39, 0.29) is 29.8 Å². The maximum Gasteiger partial charge on any atom is 0.243 e. The molecule has 0 radical (unpaired) electrons. The molecule has 10 heteroatoms. The van der Waals surface area contributed by atoms with Crippen molar-refractivity contribution in [3.8, 4) is 17.0 Å². The Labute approximate surface area is 196 Å². The number of ether oxygens (including phenoxy) is 1. The first-order valence-corrected chi connectivity index (χ1v) is 12.7. The van der Waals surface area contributed by atoms with Crippen LogP contribution in [0.25, 0.3) is 11.3 Å². The summed E-state index contributed by atoms with van der Waals surface area (Å²) in [5.41, 5.74) is 1.74. The maximum atomic E-state index is 13.1. The van der Waals surface area contributed by atoms with Crippen LogP contribution in [0.1, 0.15) is 17.7 Å². The topological polar surface area (TPSA) is 88.6 Å². The third-order valence-electron chi connectivity index (χ3n) is 5.67. The van der Waals surface area contributed by atoms with E-state index in [0.717, 1.165) is 34.0 Å². The molecule has 0 bridgehead atoms. The smallest absolute Gasteiger partial charge is 0.243 e. The van der Waals surface area contributed by atoms with Gasteiger partial charge in [-0.25, -0.2) is 17.8 Å². The van der Waals surface area contributed by atoms with Crippen molar-refractivity contribution in [3.63, 3.8) is 0 Å². The van der Waals surface area contributed by atoms with Crippen LogP contribution in [-0.4, -0.2) is 43.8 Å². The zero-order chi connectivity index (χ0) is 23.6. The van der Waals surface area contributed by atoms with Crippen molar-refractivity contribution in [3.05, 3.63) is 59.2 Å². The van der Waals surface area contributed by atoms with E-state index in [9.17, 15) is 17.6 Å². The van der Waals surface area contributed by atoms with Gasteiger partial charge in [0, 0.05) is 29.4 Å². The molecule has 4 rings (SSSR count). The molecule has 0 spiro atoms. The third kappa shape index (κ3) is 5.07. The molecule has 3 aromatic rings. The standard InChI is InChI=1S/C23H24FN3O4S2/c1-15-21(16-3-7-19(31-2)8-4-16)25-23(32-15)26-22(28)17-11-13-27(14-12-17)33(29,30)20-9-5-18(24)6-10-20/h3-10,17H,11-14H2,1-2H3,(H,25,26,28). The predicted octanol–water partition coefficient (Wildman–Crippen LogP) is 4.31. The lowest BCUT2D eigenvalue weighted by molar-refractivity contribution is -0.120. The first-order chi connectivity index (χ1) is 15.8. The van der Waals surface area contributed by atoms with Gasteiger partial charge in [0.25, 0.3) is 0 Å². The van der Waals surface area contributed by atoms with E-state index in [1.807, 2.05) is 31.2 Å². The number of methoxy groups -OCH3 is 1. The molecule has 1 N–H and O–H groups in total. The summed E-state index contributed by atoms with van der Waals surface area (Å²) < 4.78 is 45.2. The highest BCUT2D eigenvalue weighted by Gasteiger charge is 2.32. The number of carbonyl (C=O) groups excluding carboxylic acids is 1. The first kappa shape index (κ1) is 23.3. The maximum absolute atomic E-state index is 13.1. The Kier molecular flexibility index (Phi) is 6.78. The fraction of sp³-hybridized carbons (Fsp3) is 0.304. The largest absolute Gasteiger partial charge is 0.497 e. The van der Waals surface area contributed by atoms with Crippen molar-refractivity contribution in [1.82, 2.24) is 9.29 Å². The van der Waals surface area contributed by atoms with E-state index >= 15 is 0 Å². The van der Waals surface area contributed by atoms with Crippen LogP contribution in [0.15, 0.2) is 53.4 Å². The molecule has 33 heavy (non-hydrogen) atoms. The van der Waals surface area contributed by atoms with Crippen LogP contribution in [-0.2, 0) is 14.8 Å². The van der Waals surface area contributed by atoms with Crippen LogP contribution < -0.4 is 10.1 Å². The van der Waals surface area contributed by atoms with Crippen LogP contribution in [0.3, 0.4) is 0 Å². The van der Waals surface area contributed by atoms with Crippen LogP contribution >= 0.6 is 11.3 Å². The second kappa shape index (κ2) is 9.58. The molecule has 7 nitrogen and oxygen atoms in total. The molecule has 1 aliphatic heterocycles. The van der Waals surface area contributed by atoms with Gasteiger partial charge in [0.15, 0.2) is 5.13 Å². The van der Waals surface area contributed by atoms with Gasteiger partial charge in [0.1, 0.15) is 11.6 Å². The van der Waals surface area contributed by atoms with Gasteiger partial charge in [-0.15, -0.1) is 11.3 Å². The average molecular weight is 490 g/mol. The number of rotatable bonds is 6. The number of aryl methyl sites for hydroxylation is 1. The Balaban J connectivity index is 1.38. The van der Waals surface area contributed by atoms with Crippen molar-refractivity contribution in [1.29, 1.82) is 0 Å². The van der Waals surface area contributed by atoms with E-state index in [4.69, 9.17) is 4.74 Å². The Bertz CT molecular complexity index is 1230. The highest BCUT2D eigenvalue weighted by atomic mass is 32.2. The van der Waals surface area contributed by atoms with E-state index in [1.165, 1.54) is 27.8 Å². The number of nitrogens with zero attached hydrogens (tertiary/aromatic N) is 2. The zero-order valence-electron chi connectivity index (χ0n) is 18.2. The van der Waals surface area contributed by atoms with Crippen molar-refractivity contribution < 1.29 is 22.3 Å². The summed E-state index contributed by atoms with van der Waals surface area (Å²) in [6.45, 7) is 2.41. The molecule has 0 unspecified atom stereocenters. The number of hydrogen-bond acceptors (Lipinski definition) is 6. The quantitative estimate of drug-likeness (QED) is 0.558. The Morgan fingerprint density at radius 2 is 1.76 bits per heavy atom. The minimum absolute atomic E-state index is 0.0520. The van der Waals surface area contributed by atoms with Crippen LogP contribution in [0.2, 0.25) is 0 Å². The van der Waals surface area contributed by atoms with Gasteiger partial charge in [-0.05, 0) is 68.3 Å². The van der Waals surface area contributed by atoms with Crippen molar-refractivity contribution >= 4 is 32.4 Å². The lowest BCUT2D eigenvalue weighted by atomic mass is 9.97. The second-order valence-electron chi connectivity index (χ2n) is 7.77. The molecule has 1 fully saturated rings. The fourth-order valence-corrected chi connectivity index (χ4v) is 6.10. The number of sulfonamides is 1. The molecule has 0 saturated carbocycles. The molecule has 1 saturated heterocycles. The summed E-state index contributed by atoms with van der Waals surface area (Å²) in [5, 5.41) is 3.41. The normalized spacial score (nSPS) is 15.4. The lowest BCUT2D eigenvalue weighted by Crippen LogP contribution is -2.41. The van der Waals surface area contributed by atoms with Crippen LogP contribution in [0.5, 0.6) is 5.75 Å². The number of amides is 1. The molecule has 2 heterocycles. The molecular weight excluding hydrogens is 465 g/mol.